The summed E-state index contributed by atoms with van der Waals surface area (Å²) >= 11 is 5.99. The van der Waals surface area contributed by atoms with Crippen molar-refractivity contribution in [1.82, 2.24) is 10.2 Å². The van der Waals surface area contributed by atoms with Crippen molar-refractivity contribution < 1.29 is 9.59 Å². The highest BCUT2D eigenvalue weighted by molar-refractivity contribution is 7.80. The SMILES string of the molecule is C[C@@]12CCC[C@H]1[C@@H]1CCC3=CC(=O)C(C(=O)N(C(=S)NC4CCCCC4)C4CCCCC4)C[C@]3(C)[C@@H]1CC2. The molecule has 6 atom stereocenters. The van der Waals surface area contributed by atoms with Crippen molar-refractivity contribution in [1.29, 1.82) is 0 Å². The minimum atomic E-state index is -0.576. The number of fused-ring (bicyclic) bond motifs is 5. The van der Waals surface area contributed by atoms with Crippen LogP contribution in [0.1, 0.15) is 129 Å². The zero-order valence-corrected chi connectivity index (χ0v) is 24.8. The lowest BCUT2D eigenvalue weighted by molar-refractivity contribution is -0.142. The van der Waals surface area contributed by atoms with Crippen molar-refractivity contribution in [2.24, 2.45) is 34.5 Å². The molecule has 0 spiro atoms. The van der Waals surface area contributed by atoms with E-state index in [0.29, 0.717) is 28.9 Å². The van der Waals surface area contributed by atoms with Gasteiger partial charge in [-0.15, -0.1) is 0 Å². The highest BCUT2D eigenvalue weighted by Gasteiger charge is 2.58. The standard InChI is InChI=1S/C33H50N2O2S/c1-32-18-9-14-27(32)25-16-15-22-20-29(36)26(21-33(22,2)28(25)17-19-32)30(37)35(24-12-7-4-8-13-24)31(38)34-23-10-5-3-6-11-23/h20,23-28H,3-19,21H2,1-2H3,(H,34,38)/t25-,26?,27-,28+,32-,33-/m0/s1. The zero-order chi connectivity index (χ0) is 26.5. The fraction of sp³-hybridized carbons (Fsp3) is 0.848. The molecule has 0 saturated heterocycles. The average molecular weight is 539 g/mol. The van der Waals surface area contributed by atoms with E-state index in [0.717, 1.165) is 56.8 Å². The third kappa shape index (κ3) is 4.71. The number of ketones is 1. The summed E-state index contributed by atoms with van der Waals surface area (Å²) in [5, 5.41) is 4.20. The molecular weight excluding hydrogens is 488 g/mol. The first kappa shape index (κ1) is 27.0. The zero-order valence-electron chi connectivity index (χ0n) is 23.9. The average Bonchev–Trinajstić information content (AvgIpc) is 3.32. The van der Waals surface area contributed by atoms with Gasteiger partial charge in [-0.05, 0) is 118 Å². The molecule has 0 bridgehead atoms. The lowest BCUT2D eigenvalue weighted by atomic mass is 9.47. The molecule has 1 unspecified atom stereocenters. The summed E-state index contributed by atoms with van der Waals surface area (Å²) in [5.74, 6) is 1.66. The smallest absolute Gasteiger partial charge is 0.239 e. The molecule has 0 aromatic heterocycles. The largest absolute Gasteiger partial charge is 0.359 e. The molecule has 5 fully saturated rings. The van der Waals surface area contributed by atoms with Gasteiger partial charge in [-0.25, -0.2) is 0 Å². The van der Waals surface area contributed by atoms with Gasteiger partial charge < -0.3 is 5.32 Å². The number of hydrogen-bond acceptors (Lipinski definition) is 3. The molecule has 1 amide bonds. The van der Waals surface area contributed by atoms with Crippen molar-refractivity contribution in [3.8, 4) is 0 Å². The molecule has 6 aliphatic rings. The third-order valence-electron chi connectivity index (χ3n) is 12.4. The van der Waals surface area contributed by atoms with Crippen LogP contribution in [-0.4, -0.2) is 33.8 Å². The molecule has 5 saturated carbocycles. The van der Waals surface area contributed by atoms with E-state index in [4.69, 9.17) is 12.2 Å². The Morgan fingerprint density at radius 2 is 1.61 bits per heavy atom. The third-order valence-corrected chi connectivity index (χ3v) is 12.7. The van der Waals surface area contributed by atoms with E-state index in [1.165, 1.54) is 69.8 Å². The molecular formula is C33H50N2O2S. The van der Waals surface area contributed by atoms with E-state index in [1.54, 1.807) is 0 Å². The molecule has 6 rings (SSSR count). The van der Waals surface area contributed by atoms with Crippen LogP contribution in [0.4, 0.5) is 0 Å². The van der Waals surface area contributed by atoms with Crippen LogP contribution < -0.4 is 5.32 Å². The van der Waals surface area contributed by atoms with Gasteiger partial charge in [-0.1, -0.05) is 64.4 Å². The van der Waals surface area contributed by atoms with Crippen molar-refractivity contribution in [3.63, 3.8) is 0 Å². The number of thiocarbonyl (C=S) groups is 1. The van der Waals surface area contributed by atoms with Gasteiger partial charge in [0.1, 0.15) is 5.92 Å². The van der Waals surface area contributed by atoms with Crippen molar-refractivity contribution >= 4 is 29.0 Å². The molecule has 210 valence electrons. The first-order valence-corrected chi connectivity index (χ1v) is 16.6. The number of nitrogens with one attached hydrogen (secondary N) is 1. The highest BCUT2D eigenvalue weighted by atomic mass is 32.1. The van der Waals surface area contributed by atoms with Gasteiger partial charge in [0.25, 0.3) is 0 Å². The molecule has 0 heterocycles. The Hall–Kier alpha value is -1.23. The number of hydrogen-bond donors (Lipinski definition) is 1. The molecule has 0 radical (unpaired) electrons. The molecule has 1 N–H and O–H groups in total. The maximum atomic E-state index is 14.4. The van der Waals surface area contributed by atoms with Crippen LogP contribution in [0.25, 0.3) is 0 Å². The van der Waals surface area contributed by atoms with Crippen molar-refractivity contribution in [3.05, 3.63) is 11.6 Å². The number of rotatable bonds is 3. The van der Waals surface area contributed by atoms with E-state index in [2.05, 4.69) is 19.2 Å². The fourth-order valence-corrected chi connectivity index (χ4v) is 10.7. The van der Waals surface area contributed by atoms with E-state index < -0.39 is 5.92 Å². The first-order valence-electron chi connectivity index (χ1n) is 16.2. The Morgan fingerprint density at radius 3 is 2.34 bits per heavy atom. The number of carbonyl (C=O) groups is 2. The second-order valence-electron chi connectivity index (χ2n) is 14.5. The lowest BCUT2D eigenvalue weighted by Crippen LogP contribution is -2.57. The molecule has 5 heteroatoms. The van der Waals surface area contributed by atoms with Crippen LogP contribution in [0.5, 0.6) is 0 Å². The predicted molar refractivity (Wildman–Crippen MR) is 157 cm³/mol. The topological polar surface area (TPSA) is 49.4 Å². The van der Waals surface area contributed by atoms with Gasteiger partial charge in [0.15, 0.2) is 10.9 Å². The summed E-state index contributed by atoms with van der Waals surface area (Å²) in [5.41, 5.74) is 1.84. The fourth-order valence-electron chi connectivity index (χ4n) is 10.3. The monoisotopic (exact) mass is 538 g/mol. The number of amides is 1. The number of nitrogens with zero attached hydrogens (tertiary/aromatic N) is 1. The van der Waals surface area contributed by atoms with Crippen LogP contribution in [0.2, 0.25) is 0 Å². The van der Waals surface area contributed by atoms with E-state index in [-0.39, 0.29) is 23.1 Å². The van der Waals surface area contributed by atoms with Gasteiger partial charge in [-0.2, -0.15) is 0 Å². The molecule has 4 nitrogen and oxygen atoms in total. The van der Waals surface area contributed by atoms with Gasteiger partial charge in [0.05, 0.1) is 0 Å². The Morgan fingerprint density at radius 1 is 0.895 bits per heavy atom. The minimum absolute atomic E-state index is 0.00429. The van der Waals surface area contributed by atoms with Crippen molar-refractivity contribution in [2.45, 2.75) is 142 Å². The Kier molecular flexibility index (Phi) is 7.55. The van der Waals surface area contributed by atoms with Gasteiger partial charge >= 0.3 is 0 Å². The van der Waals surface area contributed by atoms with Crippen LogP contribution in [0.3, 0.4) is 0 Å². The quantitative estimate of drug-likeness (QED) is 0.298. The lowest BCUT2D eigenvalue weighted by Gasteiger charge is -2.58. The van der Waals surface area contributed by atoms with Crippen LogP contribution in [0, 0.1) is 34.5 Å². The maximum Gasteiger partial charge on any atom is 0.239 e. The molecule has 38 heavy (non-hydrogen) atoms. The molecule has 0 aromatic carbocycles. The van der Waals surface area contributed by atoms with Crippen LogP contribution in [0.15, 0.2) is 11.6 Å². The Labute approximate surface area is 236 Å². The van der Waals surface area contributed by atoms with Crippen molar-refractivity contribution in [2.75, 3.05) is 0 Å². The van der Waals surface area contributed by atoms with Gasteiger partial charge in [0.2, 0.25) is 5.91 Å². The first-order chi connectivity index (χ1) is 18.3. The Bertz CT molecular complexity index is 979. The maximum absolute atomic E-state index is 14.4. The van der Waals surface area contributed by atoms with Crippen LogP contribution >= 0.6 is 12.2 Å². The predicted octanol–water partition coefficient (Wildman–Crippen LogP) is 7.50. The summed E-state index contributed by atoms with van der Waals surface area (Å²) in [7, 11) is 0. The summed E-state index contributed by atoms with van der Waals surface area (Å²) < 4.78 is 0. The summed E-state index contributed by atoms with van der Waals surface area (Å²) in [6.45, 7) is 4.97. The van der Waals surface area contributed by atoms with Gasteiger partial charge in [-0.3, -0.25) is 14.5 Å². The second kappa shape index (κ2) is 10.6. The number of allylic oxidation sites excluding steroid dienone is 1. The summed E-state index contributed by atoms with van der Waals surface area (Å²) in [6.07, 6.45) is 23.2. The molecule has 0 aliphatic heterocycles. The second-order valence-corrected chi connectivity index (χ2v) is 14.9. The van der Waals surface area contributed by atoms with E-state index in [9.17, 15) is 9.59 Å². The van der Waals surface area contributed by atoms with Crippen LogP contribution in [-0.2, 0) is 9.59 Å². The minimum Gasteiger partial charge on any atom is -0.359 e. The molecule has 0 aromatic rings. The number of carbonyl (C=O) groups excluding carboxylic acids is 2. The van der Waals surface area contributed by atoms with E-state index >= 15 is 0 Å². The van der Waals surface area contributed by atoms with Gasteiger partial charge in [0, 0.05) is 12.1 Å². The summed E-state index contributed by atoms with van der Waals surface area (Å²) in [4.78, 5) is 30.0. The highest BCUT2D eigenvalue weighted by Crippen LogP contribution is 2.65. The summed E-state index contributed by atoms with van der Waals surface area (Å²) in [6, 6.07) is 0.502. The van der Waals surface area contributed by atoms with E-state index in [1.807, 2.05) is 11.0 Å². The normalized spacial score (nSPS) is 39.9. The Balaban J connectivity index is 1.25. The molecule has 6 aliphatic carbocycles.